The number of halogens is 2. The Balaban J connectivity index is 2.02. The minimum atomic E-state index is -1.29. The molecule has 0 saturated heterocycles. The van der Waals surface area contributed by atoms with E-state index in [2.05, 4.69) is 21.2 Å². The van der Waals surface area contributed by atoms with Gasteiger partial charge in [-0.15, -0.1) is 0 Å². The molecule has 0 unspecified atom stereocenters. The molecule has 0 atom stereocenters. The zero-order valence-electron chi connectivity index (χ0n) is 9.37. The van der Waals surface area contributed by atoms with E-state index in [4.69, 9.17) is 5.11 Å². The van der Waals surface area contributed by atoms with E-state index in [9.17, 15) is 14.0 Å². The zero-order valence-corrected chi connectivity index (χ0v) is 11.0. The van der Waals surface area contributed by atoms with Crippen LogP contribution in [-0.4, -0.2) is 17.0 Å². The Morgan fingerprint density at radius 3 is 2.67 bits per heavy atom. The van der Waals surface area contributed by atoms with Gasteiger partial charge in [-0.3, -0.25) is 9.59 Å². The number of nitrogens with one attached hydrogen (secondary N) is 1. The van der Waals surface area contributed by atoms with Gasteiger partial charge in [0.05, 0.1) is 0 Å². The minimum Gasteiger partial charge on any atom is -0.480 e. The Morgan fingerprint density at radius 1 is 1.44 bits per heavy atom. The number of carbonyl (C=O) groups is 2. The van der Waals surface area contributed by atoms with E-state index < -0.39 is 23.1 Å². The van der Waals surface area contributed by atoms with Crippen LogP contribution in [0, 0.1) is 11.2 Å². The smallest absolute Gasteiger partial charge is 0.319 e. The van der Waals surface area contributed by atoms with Crippen molar-refractivity contribution in [1.29, 1.82) is 0 Å². The average molecular weight is 316 g/mol. The molecule has 0 radical (unpaired) electrons. The van der Waals surface area contributed by atoms with Crippen molar-refractivity contribution in [3.05, 3.63) is 34.1 Å². The molecule has 0 aliphatic heterocycles. The summed E-state index contributed by atoms with van der Waals surface area (Å²) < 4.78 is 14.1. The maximum Gasteiger partial charge on any atom is 0.319 e. The van der Waals surface area contributed by atoms with Crippen LogP contribution in [0.4, 0.5) is 4.39 Å². The standard InChI is InChI=1S/C12H11BrFNO3/c13-8-1-2-9(14)7(5-8)6-15-10(16)12(3-4-12)11(17)18/h1-2,5H,3-4,6H2,(H,15,16)(H,17,18). The Hall–Kier alpha value is -1.43. The van der Waals surface area contributed by atoms with Gasteiger partial charge in [0.1, 0.15) is 11.2 Å². The highest BCUT2D eigenvalue weighted by atomic mass is 79.9. The summed E-state index contributed by atoms with van der Waals surface area (Å²) in [6, 6.07) is 4.39. The Bertz CT molecular complexity index is 514. The first kappa shape index (κ1) is 13.0. The maximum absolute atomic E-state index is 13.4. The number of amides is 1. The van der Waals surface area contributed by atoms with Crippen LogP contribution in [0.1, 0.15) is 18.4 Å². The molecule has 0 bridgehead atoms. The van der Waals surface area contributed by atoms with E-state index in [0.717, 1.165) is 0 Å². The lowest BCUT2D eigenvalue weighted by atomic mass is 10.1. The van der Waals surface area contributed by atoms with E-state index in [1.165, 1.54) is 6.07 Å². The minimum absolute atomic E-state index is 0.0147. The molecule has 18 heavy (non-hydrogen) atoms. The summed E-state index contributed by atoms with van der Waals surface area (Å²) in [4.78, 5) is 22.6. The number of rotatable bonds is 4. The molecule has 6 heteroatoms. The molecule has 1 aliphatic carbocycles. The summed E-state index contributed by atoms with van der Waals surface area (Å²) in [5.41, 5.74) is -0.971. The molecule has 0 heterocycles. The van der Waals surface area contributed by atoms with Crippen molar-refractivity contribution in [3.8, 4) is 0 Å². The predicted octanol–water partition coefficient (Wildman–Crippen LogP) is 2.07. The molecule has 0 aromatic heterocycles. The molecular weight excluding hydrogens is 305 g/mol. The first-order valence-corrected chi connectivity index (χ1v) is 6.21. The molecule has 1 aliphatic rings. The van der Waals surface area contributed by atoms with E-state index in [0.29, 0.717) is 22.9 Å². The van der Waals surface area contributed by atoms with Crippen molar-refractivity contribution in [2.45, 2.75) is 19.4 Å². The highest BCUT2D eigenvalue weighted by Crippen LogP contribution is 2.46. The summed E-state index contributed by atoms with van der Waals surface area (Å²) in [6.07, 6.45) is 0.685. The lowest BCUT2D eigenvalue weighted by molar-refractivity contribution is -0.149. The maximum atomic E-state index is 13.4. The molecule has 1 amide bonds. The molecule has 2 N–H and O–H groups in total. The van der Waals surface area contributed by atoms with Crippen LogP contribution in [0.5, 0.6) is 0 Å². The third kappa shape index (κ3) is 2.38. The molecule has 1 saturated carbocycles. The summed E-state index contributed by atoms with van der Waals surface area (Å²) in [5.74, 6) is -2.09. The quantitative estimate of drug-likeness (QED) is 0.836. The normalized spacial score (nSPS) is 16.1. The molecular formula is C12H11BrFNO3. The van der Waals surface area contributed by atoms with Crippen LogP contribution in [0.25, 0.3) is 0 Å². The number of aliphatic carboxylic acids is 1. The molecule has 2 rings (SSSR count). The predicted molar refractivity (Wildman–Crippen MR) is 65.2 cm³/mol. The molecule has 1 fully saturated rings. The largest absolute Gasteiger partial charge is 0.480 e. The Labute approximate surface area is 111 Å². The fraction of sp³-hybridized carbons (Fsp3) is 0.333. The summed E-state index contributed by atoms with van der Waals surface area (Å²) in [5, 5.41) is 11.4. The van der Waals surface area contributed by atoms with Crippen LogP contribution in [-0.2, 0) is 16.1 Å². The molecule has 4 nitrogen and oxygen atoms in total. The third-order valence-electron chi connectivity index (χ3n) is 3.04. The first-order chi connectivity index (χ1) is 8.45. The first-order valence-electron chi connectivity index (χ1n) is 5.41. The Kier molecular flexibility index (Phi) is 3.38. The SMILES string of the molecule is O=C(O)C1(C(=O)NCc2cc(Br)ccc2F)CC1. The van der Waals surface area contributed by atoms with Gasteiger partial charge in [-0.2, -0.15) is 0 Å². The van der Waals surface area contributed by atoms with Crippen LogP contribution < -0.4 is 5.32 Å². The fourth-order valence-corrected chi connectivity index (χ4v) is 2.10. The van der Waals surface area contributed by atoms with E-state index in [-0.39, 0.29) is 6.54 Å². The van der Waals surface area contributed by atoms with Gasteiger partial charge >= 0.3 is 5.97 Å². The van der Waals surface area contributed by atoms with Crippen molar-refractivity contribution in [3.63, 3.8) is 0 Å². The van der Waals surface area contributed by atoms with E-state index in [1.807, 2.05) is 0 Å². The van der Waals surface area contributed by atoms with Gasteiger partial charge < -0.3 is 10.4 Å². The molecule has 1 aromatic rings. The third-order valence-corrected chi connectivity index (χ3v) is 3.53. The number of carboxylic acid groups (broad SMARTS) is 1. The van der Waals surface area contributed by atoms with Gasteiger partial charge in [0.2, 0.25) is 5.91 Å². The van der Waals surface area contributed by atoms with Crippen LogP contribution in [0.2, 0.25) is 0 Å². The van der Waals surface area contributed by atoms with Crippen molar-refractivity contribution in [2.24, 2.45) is 5.41 Å². The number of hydrogen-bond donors (Lipinski definition) is 2. The lowest BCUT2D eigenvalue weighted by Gasteiger charge is -2.11. The van der Waals surface area contributed by atoms with Crippen LogP contribution >= 0.6 is 15.9 Å². The second-order valence-electron chi connectivity index (χ2n) is 4.31. The fourth-order valence-electron chi connectivity index (χ4n) is 1.69. The van der Waals surface area contributed by atoms with Crippen molar-refractivity contribution in [1.82, 2.24) is 5.32 Å². The average Bonchev–Trinajstić information content (AvgIpc) is 3.11. The topological polar surface area (TPSA) is 66.4 Å². The number of hydrogen-bond acceptors (Lipinski definition) is 2. The second kappa shape index (κ2) is 4.68. The number of carbonyl (C=O) groups excluding carboxylic acids is 1. The summed E-state index contributed by atoms with van der Waals surface area (Å²) in [7, 11) is 0. The monoisotopic (exact) mass is 315 g/mol. The van der Waals surface area contributed by atoms with Gasteiger partial charge in [0.15, 0.2) is 0 Å². The van der Waals surface area contributed by atoms with E-state index >= 15 is 0 Å². The molecule has 0 spiro atoms. The van der Waals surface area contributed by atoms with Gasteiger partial charge in [-0.1, -0.05) is 15.9 Å². The molecule has 1 aromatic carbocycles. The zero-order chi connectivity index (χ0) is 13.3. The second-order valence-corrected chi connectivity index (χ2v) is 5.22. The highest BCUT2D eigenvalue weighted by Gasteiger charge is 2.56. The summed E-state index contributed by atoms with van der Waals surface area (Å²) in [6.45, 7) is -0.0147. The number of carboxylic acids is 1. The van der Waals surface area contributed by atoms with Gasteiger partial charge in [-0.25, -0.2) is 4.39 Å². The van der Waals surface area contributed by atoms with Crippen LogP contribution in [0.3, 0.4) is 0 Å². The van der Waals surface area contributed by atoms with E-state index in [1.54, 1.807) is 12.1 Å². The number of benzene rings is 1. The van der Waals surface area contributed by atoms with Crippen molar-refractivity contribution < 1.29 is 19.1 Å². The molecule has 96 valence electrons. The van der Waals surface area contributed by atoms with Crippen LogP contribution in [0.15, 0.2) is 22.7 Å². The van der Waals surface area contributed by atoms with Crippen molar-refractivity contribution in [2.75, 3.05) is 0 Å². The Morgan fingerprint density at radius 2 is 2.11 bits per heavy atom. The summed E-state index contributed by atoms with van der Waals surface area (Å²) >= 11 is 3.20. The van der Waals surface area contributed by atoms with Crippen molar-refractivity contribution >= 4 is 27.8 Å². The van der Waals surface area contributed by atoms with Gasteiger partial charge in [0, 0.05) is 16.6 Å². The van der Waals surface area contributed by atoms with Gasteiger partial charge in [-0.05, 0) is 31.0 Å². The lowest BCUT2D eigenvalue weighted by Crippen LogP contribution is -2.36. The van der Waals surface area contributed by atoms with Gasteiger partial charge in [0.25, 0.3) is 0 Å². The highest BCUT2D eigenvalue weighted by molar-refractivity contribution is 9.10.